The van der Waals surface area contributed by atoms with E-state index in [2.05, 4.69) is 20.8 Å². The number of hydrogen-bond acceptors (Lipinski definition) is 1. The van der Waals surface area contributed by atoms with Crippen LogP contribution in [0.4, 0.5) is 4.39 Å². The Morgan fingerprint density at radius 1 is 1.26 bits per heavy atom. The highest BCUT2D eigenvalue weighted by Crippen LogP contribution is 2.44. The molecule has 0 spiro atoms. The minimum atomic E-state index is -0.220. The summed E-state index contributed by atoms with van der Waals surface area (Å²) in [6.45, 7) is 6.76. The summed E-state index contributed by atoms with van der Waals surface area (Å²) in [4.78, 5) is 0. The van der Waals surface area contributed by atoms with Crippen molar-refractivity contribution in [3.63, 3.8) is 0 Å². The number of rotatable bonds is 1. The lowest BCUT2D eigenvalue weighted by Gasteiger charge is -2.41. The van der Waals surface area contributed by atoms with Gasteiger partial charge in [-0.2, -0.15) is 0 Å². The standard InChI is InChI=1S/C16H23ClFN/c1-16(2,3)10-4-7-15(19)13(8-10)12-6-5-11(17)9-14(12)18/h5-6,9-10,13,15H,4,7-8,19H2,1-3H3. The van der Waals surface area contributed by atoms with Gasteiger partial charge in [0.1, 0.15) is 5.82 Å². The van der Waals surface area contributed by atoms with Gasteiger partial charge < -0.3 is 5.73 Å². The van der Waals surface area contributed by atoms with Crippen molar-refractivity contribution < 1.29 is 4.39 Å². The van der Waals surface area contributed by atoms with E-state index >= 15 is 0 Å². The Balaban J connectivity index is 2.26. The van der Waals surface area contributed by atoms with Crippen molar-refractivity contribution in [1.29, 1.82) is 0 Å². The first-order valence-corrected chi connectivity index (χ1v) is 7.37. The van der Waals surface area contributed by atoms with Gasteiger partial charge in [-0.3, -0.25) is 0 Å². The van der Waals surface area contributed by atoms with Gasteiger partial charge in [-0.15, -0.1) is 0 Å². The van der Waals surface area contributed by atoms with Crippen LogP contribution < -0.4 is 5.73 Å². The van der Waals surface area contributed by atoms with Crippen LogP contribution in [0.5, 0.6) is 0 Å². The zero-order valence-corrected chi connectivity index (χ0v) is 12.7. The maximum atomic E-state index is 14.1. The highest BCUT2D eigenvalue weighted by atomic mass is 35.5. The van der Waals surface area contributed by atoms with Gasteiger partial charge in [-0.05, 0) is 48.3 Å². The SMILES string of the molecule is CC(C)(C)C1CCC(N)C(c2ccc(Cl)cc2F)C1. The van der Waals surface area contributed by atoms with Crippen LogP contribution in [0, 0.1) is 17.2 Å². The topological polar surface area (TPSA) is 26.0 Å². The van der Waals surface area contributed by atoms with Crippen molar-refractivity contribution in [3.05, 3.63) is 34.6 Å². The van der Waals surface area contributed by atoms with Crippen LogP contribution in [0.15, 0.2) is 18.2 Å². The second kappa shape index (κ2) is 5.41. The van der Waals surface area contributed by atoms with Crippen LogP contribution in [0.1, 0.15) is 51.5 Å². The molecule has 1 aromatic carbocycles. The monoisotopic (exact) mass is 283 g/mol. The van der Waals surface area contributed by atoms with Gasteiger partial charge in [-0.1, -0.05) is 38.4 Å². The third kappa shape index (κ3) is 3.29. The van der Waals surface area contributed by atoms with Gasteiger partial charge in [0.25, 0.3) is 0 Å². The average Bonchev–Trinajstić information content (AvgIpc) is 2.29. The molecule has 1 fully saturated rings. The minimum absolute atomic E-state index is 0.0503. The minimum Gasteiger partial charge on any atom is -0.327 e. The molecule has 1 aliphatic carbocycles. The second-order valence-electron chi connectivity index (χ2n) is 6.81. The van der Waals surface area contributed by atoms with Crippen molar-refractivity contribution in [2.24, 2.45) is 17.1 Å². The Labute approximate surface area is 120 Å². The van der Waals surface area contributed by atoms with Gasteiger partial charge >= 0.3 is 0 Å². The molecule has 0 heterocycles. The Morgan fingerprint density at radius 2 is 1.95 bits per heavy atom. The van der Waals surface area contributed by atoms with Gasteiger partial charge in [0, 0.05) is 17.0 Å². The lowest BCUT2D eigenvalue weighted by molar-refractivity contribution is 0.152. The maximum absolute atomic E-state index is 14.1. The van der Waals surface area contributed by atoms with E-state index in [1.54, 1.807) is 12.1 Å². The summed E-state index contributed by atoms with van der Waals surface area (Å²) in [5, 5.41) is 0.443. The third-order valence-corrected chi connectivity index (χ3v) is 4.73. The number of benzene rings is 1. The molecule has 0 amide bonds. The summed E-state index contributed by atoms with van der Waals surface area (Å²) in [5.74, 6) is 0.477. The molecule has 0 bridgehead atoms. The molecule has 19 heavy (non-hydrogen) atoms. The highest BCUT2D eigenvalue weighted by molar-refractivity contribution is 6.30. The van der Waals surface area contributed by atoms with Crippen LogP contribution in [-0.4, -0.2) is 6.04 Å². The van der Waals surface area contributed by atoms with E-state index in [0.717, 1.165) is 24.8 Å². The predicted molar refractivity (Wildman–Crippen MR) is 78.9 cm³/mol. The zero-order valence-electron chi connectivity index (χ0n) is 11.9. The van der Waals surface area contributed by atoms with Gasteiger partial charge in [-0.25, -0.2) is 4.39 Å². The zero-order chi connectivity index (χ0) is 14.2. The second-order valence-corrected chi connectivity index (χ2v) is 7.25. The lowest BCUT2D eigenvalue weighted by Crippen LogP contribution is -2.38. The molecule has 1 aliphatic rings. The molecule has 0 aromatic heterocycles. The fourth-order valence-electron chi connectivity index (χ4n) is 3.14. The van der Waals surface area contributed by atoms with E-state index in [0.29, 0.717) is 10.9 Å². The van der Waals surface area contributed by atoms with Gasteiger partial charge in [0.2, 0.25) is 0 Å². The summed E-state index contributed by atoms with van der Waals surface area (Å²) in [7, 11) is 0. The first-order chi connectivity index (χ1) is 8.79. The van der Waals surface area contributed by atoms with Crippen LogP contribution in [-0.2, 0) is 0 Å². The van der Waals surface area contributed by atoms with Gasteiger partial charge in [0.05, 0.1) is 0 Å². The largest absolute Gasteiger partial charge is 0.327 e. The fourth-order valence-corrected chi connectivity index (χ4v) is 3.30. The molecule has 3 unspecified atom stereocenters. The summed E-state index contributed by atoms with van der Waals surface area (Å²) in [6, 6.07) is 5.00. The summed E-state index contributed by atoms with van der Waals surface area (Å²) in [5.41, 5.74) is 7.20. The van der Waals surface area contributed by atoms with Crippen molar-refractivity contribution in [1.82, 2.24) is 0 Å². The molecule has 3 atom stereocenters. The molecule has 2 N–H and O–H groups in total. The molecule has 0 aliphatic heterocycles. The summed E-state index contributed by atoms with van der Waals surface area (Å²) < 4.78 is 14.1. The number of halogens is 2. The van der Waals surface area contributed by atoms with Crippen molar-refractivity contribution in [2.75, 3.05) is 0 Å². The van der Waals surface area contributed by atoms with Crippen molar-refractivity contribution >= 4 is 11.6 Å². The predicted octanol–water partition coefficient (Wildman–Crippen LogP) is 4.74. The Kier molecular flexibility index (Phi) is 4.22. The fraction of sp³-hybridized carbons (Fsp3) is 0.625. The third-order valence-electron chi connectivity index (χ3n) is 4.49. The summed E-state index contributed by atoms with van der Waals surface area (Å²) in [6.07, 6.45) is 3.06. The molecule has 2 rings (SSSR count). The molecule has 0 saturated heterocycles. The maximum Gasteiger partial charge on any atom is 0.128 e. The van der Waals surface area contributed by atoms with Crippen LogP contribution in [0.3, 0.4) is 0 Å². The molecule has 3 heteroatoms. The molecule has 106 valence electrons. The molecule has 1 aromatic rings. The quantitative estimate of drug-likeness (QED) is 0.792. The molecule has 1 nitrogen and oxygen atoms in total. The molecular formula is C16H23ClFN. The van der Waals surface area contributed by atoms with E-state index in [-0.39, 0.29) is 23.2 Å². The summed E-state index contributed by atoms with van der Waals surface area (Å²) >= 11 is 5.82. The number of nitrogens with two attached hydrogens (primary N) is 1. The van der Waals surface area contributed by atoms with E-state index < -0.39 is 0 Å². The number of hydrogen-bond donors (Lipinski definition) is 1. The van der Waals surface area contributed by atoms with E-state index in [4.69, 9.17) is 17.3 Å². The Morgan fingerprint density at radius 3 is 2.53 bits per heavy atom. The first-order valence-electron chi connectivity index (χ1n) is 6.99. The molecular weight excluding hydrogens is 261 g/mol. The first kappa shape index (κ1) is 14.8. The highest BCUT2D eigenvalue weighted by Gasteiger charge is 2.36. The van der Waals surface area contributed by atoms with E-state index in [1.165, 1.54) is 6.07 Å². The van der Waals surface area contributed by atoms with E-state index in [9.17, 15) is 4.39 Å². The smallest absolute Gasteiger partial charge is 0.128 e. The Hall–Kier alpha value is -0.600. The molecule has 0 radical (unpaired) electrons. The van der Waals surface area contributed by atoms with Crippen molar-refractivity contribution in [2.45, 2.75) is 52.0 Å². The average molecular weight is 284 g/mol. The van der Waals surface area contributed by atoms with Crippen LogP contribution in [0.25, 0.3) is 0 Å². The van der Waals surface area contributed by atoms with Gasteiger partial charge in [0.15, 0.2) is 0 Å². The lowest BCUT2D eigenvalue weighted by atomic mass is 9.66. The van der Waals surface area contributed by atoms with Crippen LogP contribution in [0.2, 0.25) is 5.02 Å². The normalized spacial score (nSPS) is 28.4. The molecule has 1 saturated carbocycles. The van der Waals surface area contributed by atoms with Crippen LogP contribution >= 0.6 is 11.6 Å². The Bertz CT molecular complexity index is 453. The van der Waals surface area contributed by atoms with E-state index in [1.807, 2.05) is 0 Å². The van der Waals surface area contributed by atoms with Crippen molar-refractivity contribution in [3.8, 4) is 0 Å².